The molecule has 0 fully saturated rings. The fourth-order valence-corrected chi connectivity index (χ4v) is 2.69. The van der Waals surface area contributed by atoms with Crippen LogP contribution in [-0.4, -0.2) is 23.4 Å². The third-order valence-corrected chi connectivity index (χ3v) is 4.33. The predicted octanol–water partition coefficient (Wildman–Crippen LogP) is 4.31. The molecule has 1 N–H and O–H groups in total. The molecule has 0 spiro atoms. The quantitative estimate of drug-likeness (QED) is 0.461. The van der Waals surface area contributed by atoms with Crippen molar-refractivity contribution in [3.05, 3.63) is 67.2 Å². The Hall–Kier alpha value is -2.64. The number of rotatable bonds is 5. The average molecular weight is 397 g/mol. The molecule has 0 aromatic heterocycles. The van der Waals surface area contributed by atoms with Crippen molar-refractivity contribution in [2.75, 3.05) is 11.9 Å². The fourth-order valence-electron chi connectivity index (χ4n) is 2.22. The number of nitrogens with zero attached hydrogens (tertiary/aromatic N) is 1. The molecule has 0 aliphatic carbocycles. The van der Waals surface area contributed by atoms with Gasteiger partial charge in [-0.05, 0) is 31.5 Å². The summed E-state index contributed by atoms with van der Waals surface area (Å²) in [4.78, 5) is 34.6. The second-order valence-electron chi connectivity index (χ2n) is 5.41. The van der Waals surface area contributed by atoms with Crippen LogP contribution in [0.25, 0.3) is 0 Å². The van der Waals surface area contributed by atoms with Crippen molar-refractivity contribution < 1.29 is 19.2 Å². The van der Waals surface area contributed by atoms with E-state index in [0.29, 0.717) is 11.1 Å². The Morgan fingerprint density at radius 3 is 2.50 bits per heavy atom. The van der Waals surface area contributed by atoms with Crippen LogP contribution in [0.4, 0.5) is 11.4 Å². The number of hydrogen-bond acceptors (Lipinski definition) is 5. The number of para-hydroxylation sites is 1. The first-order chi connectivity index (χ1) is 12.2. The van der Waals surface area contributed by atoms with E-state index in [1.165, 1.54) is 25.1 Å². The monoisotopic (exact) mass is 396 g/mol. The van der Waals surface area contributed by atoms with Crippen molar-refractivity contribution in [3.8, 4) is 0 Å². The molecule has 7 nitrogen and oxygen atoms in total. The zero-order valence-electron chi connectivity index (χ0n) is 13.8. The van der Waals surface area contributed by atoms with Crippen LogP contribution in [0.5, 0.6) is 0 Å². The third-order valence-electron chi connectivity index (χ3n) is 3.52. The van der Waals surface area contributed by atoms with Crippen LogP contribution >= 0.6 is 23.2 Å². The molecule has 0 aliphatic rings. The maximum Gasteiger partial charge on any atom is 0.345 e. The standard InChI is InChI=1S/C17H14Cl2N2O5/c1-9-6-7-12(18)15(14(9)19)20-13(22)8-26-17(23)11-5-3-4-10(2)16(11)21(24)25/h3-7H,8H2,1-2H3,(H,20,22). The number of carbonyl (C=O) groups is 2. The summed E-state index contributed by atoms with van der Waals surface area (Å²) in [5.41, 5.74) is 0.638. The zero-order valence-corrected chi connectivity index (χ0v) is 15.4. The topological polar surface area (TPSA) is 98.5 Å². The van der Waals surface area contributed by atoms with Gasteiger partial charge >= 0.3 is 5.97 Å². The second kappa shape index (κ2) is 8.16. The summed E-state index contributed by atoms with van der Waals surface area (Å²) in [5.74, 6) is -1.65. The lowest BCUT2D eigenvalue weighted by Gasteiger charge is -2.11. The molecule has 0 atom stereocenters. The van der Waals surface area contributed by atoms with Crippen LogP contribution in [-0.2, 0) is 9.53 Å². The molecule has 26 heavy (non-hydrogen) atoms. The minimum absolute atomic E-state index is 0.205. The van der Waals surface area contributed by atoms with Gasteiger partial charge in [0.1, 0.15) is 5.56 Å². The minimum atomic E-state index is -0.975. The summed E-state index contributed by atoms with van der Waals surface area (Å²) in [7, 11) is 0. The Bertz CT molecular complexity index is 899. The number of amides is 1. The summed E-state index contributed by atoms with van der Waals surface area (Å²) in [6.45, 7) is 2.60. The van der Waals surface area contributed by atoms with Gasteiger partial charge in [0.05, 0.1) is 20.7 Å². The van der Waals surface area contributed by atoms with E-state index in [2.05, 4.69) is 5.32 Å². The van der Waals surface area contributed by atoms with E-state index >= 15 is 0 Å². The van der Waals surface area contributed by atoms with Crippen molar-refractivity contribution in [2.45, 2.75) is 13.8 Å². The Morgan fingerprint density at radius 1 is 1.15 bits per heavy atom. The van der Waals surface area contributed by atoms with Gasteiger partial charge < -0.3 is 10.1 Å². The van der Waals surface area contributed by atoms with Gasteiger partial charge in [0, 0.05) is 5.56 Å². The molecular weight excluding hydrogens is 383 g/mol. The number of ether oxygens (including phenoxy) is 1. The van der Waals surface area contributed by atoms with E-state index in [0.717, 1.165) is 0 Å². The first kappa shape index (κ1) is 19.7. The van der Waals surface area contributed by atoms with Crippen LogP contribution in [0.1, 0.15) is 21.5 Å². The first-order valence-corrected chi connectivity index (χ1v) is 8.13. The highest BCUT2D eigenvalue weighted by Gasteiger charge is 2.24. The highest BCUT2D eigenvalue weighted by molar-refractivity contribution is 6.40. The van der Waals surface area contributed by atoms with Crippen LogP contribution in [0.3, 0.4) is 0 Å². The smallest absolute Gasteiger partial charge is 0.345 e. The lowest BCUT2D eigenvalue weighted by molar-refractivity contribution is -0.385. The van der Waals surface area contributed by atoms with Gasteiger partial charge in [-0.25, -0.2) is 4.79 Å². The number of hydrogen-bond donors (Lipinski definition) is 1. The summed E-state index contributed by atoms with van der Waals surface area (Å²) in [6.07, 6.45) is 0. The summed E-state index contributed by atoms with van der Waals surface area (Å²) < 4.78 is 4.88. The number of aryl methyl sites for hydroxylation is 2. The number of nitrogens with one attached hydrogen (secondary N) is 1. The molecule has 2 rings (SSSR count). The maximum absolute atomic E-state index is 12.1. The molecule has 0 heterocycles. The zero-order chi connectivity index (χ0) is 19.4. The number of anilines is 1. The molecule has 0 saturated heterocycles. The van der Waals surface area contributed by atoms with Gasteiger partial charge in [-0.15, -0.1) is 0 Å². The van der Waals surface area contributed by atoms with E-state index in [1.807, 2.05) is 0 Å². The Kier molecular flexibility index (Phi) is 6.18. The lowest BCUT2D eigenvalue weighted by atomic mass is 10.1. The molecule has 0 radical (unpaired) electrons. The van der Waals surface area contributed by atoms with Crippen LogP contribution in [0, 0.1) is 24.0 Å². The Labute approximate surface area is 159 Å². The molecular formula is C17H14Cl2N2O5. The summed E-state index contributed by atoms with van der Waals surface area (Å²) >= 11 is 12.1. The molecule has 136 valence electrons. The highest BCUT2D eigenvalue weighted by Crippen LogP contribution is 2.32. The molecule has 0 bridgehead atoms. The van der Waals surface area contributed by atoms with Crippen molar-refractivity contribution in [2.24, 2.45) is 0 Å². The average Bonchev–Trinajstić information content (AvgIpc) is 2.59. The lowest BCUT2D eigenvalue weighted by Crippen LogP contribution is -2.22. The van der Waals surface area contributed by atoms with E-state index in [9.17, 15) is 19.7 Å². The fraction of sp³-hybridized carbons (Fsp3) is 0.176. The predicted molar refractivity (Wildman–Crippen MR) is 97.9 cm³/mol. The van der Waals surface area contributed by atoms with E-state index in [1.54, 1.807) is 19.1 Å². The van der Waals surface area contributed by atoms with Crippen molar-refractivity contribution >= 4 is 46.5 Å². The molecule has 2 aromatic rings. The van der Waals surface area contributed by atoms with E-state index in [4.69, 9.17) is 27.9 Å². The van der Waals surface area contributed by atoms with Gasteiger partial charge in [-0.1, -0.05) is 41.4 Å². The van der Waals surface area contributed by atoms with Crippen LogP contribution in [0.2, 0.25) is 10.0 Å². The van der Waals surface area contributed by atoms with Crippen molar-refractivity contribution in [3.63, 3.8) is 0 Å². The Morgan fingerprint density at radius 2 is 1.85 bits per heavy atom. The highest BCUT2D eigenvalue weighted by atomic mass is 35.5. The second-order valence-corrected chi connectivity index (χ2v) is 6.19. The van der Waals surface area contributed by atoms with Crippen LogP contribution < -0.4 is 5.32 Å². The maximum atomic E-state index is 12.1. The number of nitro groups is 1. The summed E-state index contributed by atoms with van der Waals surface area (Å²) in [6, 6.07) is 7.52. The molecule has 1 amide bonds. The number of nitro benzene ring substituents is 1. The first-order valence-electron chi connectivity index (χ1n) is 7.38. The normalized spacial score (nSPS) is 10.3. The number of carbonyl (C=O) groups excluding carboxylic acids is 2. The minimum Gasteiger partial charge on any atom is -0.452 e. The van der Waals surface area contributed by atoms with E-state index in [-0.39, 0.29) is 27.0 Å². The van der Waals surface area contributed by atoms with Crippen LogP contribution in [0.15, 0.2) is 30.3 Å². The number of benzene rings is 2. The van der Waals surface area contributed by atoms with Gasteiger partial charge in [-0.3, -0.25) is 14.9 Å². The SMILES string of the molecule is Cc1ccc(Cl)c(NC(=O)COC(=O)c2cccc(C)c2[N+](=O)[O-])c1Cl. The largest absolute Gasteiger partial charge is 0.452 e. The molecule has 2 aromatic carbocycles. The van der Waals surface area contributed by atoms with Gasteiger partial charge in [-0.2, -0.15) is 0 Å². The Balaban J connectivity index is 2.09. The number of esters is 1. The van der Waals surface area contributed by atoms with E-state index < -0.39 is 23.4 Å². The van der Waals surface area contributed by atoms with Crippen molar-refractivity contribution in [1.29, 1.82) is 0 Å². The molecule has 0 saturated carbocycles. The molecule has 9 heteroatoms. The third kappa shape index (κ3) is 4.30. The van der Waals surface area contributed by atoms with Gasteiger partial charge in [0.25, 0.3) is 11.6 Å². The van der Waals surface area contributed by atoms with Crippen molar-refractivity contribution in [1.82, 2.24) is 0 Å². The molecule has 0 aliphatic heterocycles. The summed E-state index contributed by atoms with van der Waals surface area (Å²) in [5, 5.41) is 14.1. The van der Waals surface area contributed by atoms with Gasteiger partial charge in [0.15, 0.2) is 6.61 Å². The number of halogens is 2. The molecule has 0 unspecified atom stereocenters. The van der Waals surface area contributed by atoms with Gasteiger partial charge in [0.2, 0.25) is 0 Å².